The number of benzene rings is 2. The van der Waals surface area contributed by atoms with Gasteiger partial charge in [-0.05, 0) is 50.0 Å². The fraction of sp³-hybridized carbons (Fsp3) is 0.261. The molecule has 3 aromatic rings. The smallest absolute Gasteiger partial charge is 0.328 e. The van der Waals surface area contributed by atoms with Crippen LogP contribution in [-0.2, 0) is 16.1 Å². The van der Waals surface area contributed by atoms with Crippen LogP contribution >= 0.6 is 22.9 Å². The van der Waals surface area contributed by atoms with Gasteiger partial charge in [-0.3, -0.25) is 0 Å². The Morgan fingerprint density at radius 3 is 2.24 bits per heavy atom. The standard InChI is InChI=1S/C19H22ClN3OS.C4H4O4/c1-22(2)10-11-23(13-14-4-7-16(24-3)8-5-14)19-21-17-9-6-15(20)12-18(17)25-19;5-3(6)1-2-4(7)8/h4-9,12H,10-11,13H2,1-3H3;1-2H,(H,5,6)(H,7,8)/b;2-1+. The molecule has 2 N–H and O–H groups in total. The van der Waals surface area contributed by atoms with Crippen LogP contribution in [0.1, 0.15) is 5.56 Å². The highest BCUT2D eigenvalue weighted by Crippen LogP contribution is 2.31. The lowest BCUT2D eigenvalue weighted by atomic mass is 10.2. The second-order valence-corrected chi connectivity index (χ2v) is 8.64. The summed E-state index contributed by atoms with van der Waals surface area (Å²) >= 11 is 7.80. The minimum absolute atomic E-state index is 0.558. The topological polar surface area (TPSA) is 103 Å². The van der Waals surface area contributed by atoms with Crippen LogP contribution in [-0.4, -0.2) is 66.3 Å². The predicted octanol–water partition coefficient (Wildman–Crippen LogP) is 4.24. The largest absolute Gasteiger partial charge is 0.497 e. The maximum absolute atomic E-state index is 9.55. The molecular formula is C23H26ClN3O5S. The number of rotatable bonds is 9. The molecule has 0 atom stereocenters. The van der Waals surface area contributed by atoms with E-state index in [0.717, 1.165) is 45.8 Å². The van der Waals surface area contributed by atoms with E-state index in [0.29, 0.717) is 12.2 Å². The van der Waals surface area contributed by atoms with Crippen LogP contribution in [0.5, 0.6) is 5.75 Å². The van der Waals surface area contributed by atoms with Crippen molar-refractivity contribution in [1.82, 2.24) is 9.88 Å². The van der Waals surface area contributed by atoms with Gasteiger partial charge in [0, 0.05) is 36.8 Å². The van der Waals surface area contributed by atoms with Crippen molar-refractivity contribution in [2.45, 2.75) is 6.54 Å². The molecule has 0 radical (unpaired) electrons. The third-order valence-corrected chi connectivity index (χ3v) is 5.64. The monoisotopic (exact) mass is 491 g/mol. The molecule has 0 unspecified atom stereocenters. The van der Waals surface area contributed by atoms with E-state index in [1.807, 2.05) is 30.3 Å². The highest BCUT2D eigenvalue weighted by molar-refractivity contribution is 7.22. The van der Waals surface area contributed by atoms with Crippen LogP contribution in [0, 0.1) is 0 Å². The molecule has 33 heavy (non-hydrogen) atoms. The first-order valence-corrected chi connectivity index (χ1v) is 11.1. The van der Waals surface area contributed by atoms with E-state index in [4.69, 9.17) is 31.5 Å². The first kappa shape index (κ1) is 26.1. The summed E-state index contributed by atoms with van der Waals surface area (Å²) in [7, 11) is 5.86. The first-order chi connectivity index (χ1) is 15.7. The summed E-state index contributed by atoms with van der Waals surface area (Å²) in [5, 5.41) is 17.4. The molecule has 0 aliphatic rings. The zero-order valence-electron chi connectivity index (χ0n) is 18.6. The summed E-state index contributed by atoms with van der Waals surface area (Å²) in [5.74, 6) is -1.64. The van der Waals surface area contributed by atoms with Gasteiger partial charge in [0.25, 0.3) is 0 Å². The van der Waals surface area contributed by atoms with E-state index in [1.165, 1.54) is 5.56 Å². The molecule has 8 nitrogen and oxygen atoms in total. The number of nitrogens with zero attached hydrogens (tertiary/aromatic N) is 3. The van der Waals surface area contributed by atoms with Crippen molar-refractivity contribution in [2.75, 3.05) is 39.2 Å². The number of fused-ring (bicyclic) bond motifs is 1. The van der Waals surface area contributed by atoms with Crippen molar-refractivity contribution in [3.05, 3.63) is 65.2 Å². The van der Waals surface area contributed by atoms with E-state index < -0.39 is 11.9 Å². The Bertz CT molecular complexity index is 1080. The quantitative estimate of drug-likeness (QED) is 0.428. The number of anilines is 1. The Morgan fingerprint density at radius 1 is 1.06 bits per heavy atom. The number of aromatic nitrogens is 1. The average molecular weight is 492 g/mol. The fourth-order valence-electron chi connectivity index (χ4n) is 2.68. The molecule has 0 bridgehead atoms. The second-order valence-electron chi connectivity index (χ2n) is 7.19. The molecule has 1 aromatic heterocycles. The summed E-state index contributed by atoms with van der Waals surface area (Å²) in [6, 6.07) is 14.1. The van der Waals surface area contributed by atoms with Gasteiger partial charge in [0.15, 0.2) is 5.13 Å². The number of ether oxygens (including phenoxy) is 1. The van der Waals surface area contributed by atoms with Crippen molar-refractivity contribution in [3.63, 3.8) is 0 Å². The van der Waals surface area contributed by atoms with Crippen molar-refractivity contribution >= 4 is 50.2 Å². The third kappa shape index (κ3) is 9.09. The van der Waals surface area contributed by atoms with Gasteiger partial charge >= 0.3 is 11.9 Å². The molecule has 2 aromatic carbocycles. The predicted molar refractivity (Wildman–Crippen MR) is 132 cm³/mol. The van der Waals surface area contributed by atoms with Gasteiger partial charge in [0.2, 0.25) is 0 Å². The van der Waals surface area contributed by atoms with E-state index >= 15 is 0 Å². The molecular weight excluding hydrogens is 466 g/mol. The van der Waals surface area contributed by atoms with Crippen molar-refractivity contribution in [3.8, 4) is 5.75 Å². The zero-order chi connectivity index (χ0) is 24.4. The minimum atomic E-state index is -1.26. The number of aliphatic carboxylic acids is 2. The first-order valence-electron chi connectivity index (χ1n) is 9.90. The number of halogens is 1. The van der Waals surface area contributed by atoms with E-state index in [2.05, 4.69) is 36.0 Å². The molecule has 1 heterocycles. The van der Waals surface area contributed by atoms with Gasteiger partial charge in [-0.2, -0.15) is 0 Å². The lowest BCUT2D eigenvalue weighted by molar-refractivity contribution is -0.134. The summed E-state index contributed by atoms with van der Waals surface area (Å²) in [6.45, 7) is 2.69. The molecule has 0 spiro atoms. The Labute approximate surface area is 201 Å². The molecule has 3 rings (SSSR count). The van der Waals surface area contributed by atoms with Crippen LogP contribution < -0.4 is 9.64 Å². The number of carbonyl (C=O) groups is 2. The summed E-state index contributed by atoms with van der Waals surface area (Å²) in [6.07, 6.45) is 1.12. The van der Waals surface area contributed by atoms with Gasteiger partial charge < -0.3 is 24.7 Å². The normalized spacial score (nSPS) is 10.8. The number of likely N-dealkylation sites (N-methyl/N-ethyl adjacent to an activating group) is 1. The molecule has 0 saturated heterocycles. The molecule has 176 valence electrons. The van der Waals surface area contributed by atoms with Gasteiger partial charge in [0.05, 0.1) is 17.3 Å². The van der Waals surface area contributed by atoms with Crippen LogP contribution in [0.15, 0.2) is 54.6 Å². The lowest BCUT2D eigenvalue weighted by Crippen LogP contribution is -2.31. The second kappa shape index (κ2) is 12.8. The average Bonchev–Trinajstić information content (AvgIpc) is 3.19. The molecule has 0 fully saturated rings. The molecule has 0 amide bonds. The summed E-state index contributed by atoms with van der Waals surface area (Å²) < 4.78 is 6.36. The fourth-order valence-corrected chi connectivity index (χ4v) is 3.95. The number of hydrogen-bond acceptors (Lipinski definition) is 7. The zero-order valence-corrected chi connectivity index (χ0v) is 20.1. The number of hydrogen-bond donors (Lipinski definition) is 2. The van der Waals surface area contributed by atoms with Gasteiger partial charge in [-0.15, -0.1) is 0 Å². The van der Waals surface area contributed by atoms with Crippen LogP contribution in [0.3, 0.4) is 0 Å². The maximum Gasteiger partial charge on any atom is 0.328 e. The maximum atomic E-state index is 9.55. The van der Waals surface area contributed by atoms with Crippen LogP contribution in [0.25, 0.3) is 10.2 Å². The summed E-state index contributed by atoms with van der Waals surface area (Å²) in [5.41, 5.74) is 2.23. The number of carboxylic acids is 2. The van der Waals surface area contributed by atoms with Crippen molar-refractivity contribution in [1.29, 1.82) is 0 Å². The van der Waals surface area contributed by atoms with Crippen molar-refractivity contribution in [2.24, 2.45) is 0 Å². The molecule has 0 aliphatic heterocycles. The minimum Gasteiger partial charge on any atom is -0.497 e. The molecule has 0 aliphatic carbocycles. The van der Waals surface area contributed by atoms with E-state index in [1.54, 1.807) is 18.4 Å². The molecule has 10 heteroatoms. The molecule has 0 saturated carbocycles. The lowest BCUT2D eigenvalue weighted by Gasteiger charge is -2.24. The number of thiazole rings is 1. The highest BCUT2D eigenvalue weighted by atomic mass is 35.5. The van der Waals surface area contributed by atoms with Gasteiger partial charge in [0.1, 0.15) is 5.75 Å². The van der Waals surface area contributed by atoms with Gasteiger partial charge in [-0.1, -0.05) is 35.1 Å². The summed E-state index contributed by atoms with van der Waals surface area (Å²) in [4.78, 5) is 28.4. The SMILES string of the molecule is COc1ccc(CN(CCN(C)C)c2nc3ccc(Cl)cc3s2)cc1.O=C(O)/C=C/C(=O)O. The number of carboxylic acid groups (broad SMARTS) is 2. The Morgan fingerprint density at radius 2 is 1.70 bits per heavy atom. The van der Waals surface area contributed by atoms with Crippen LogP contribution in [0.2, 0.25) is 5.02 Å². The third-order valence-electron chi connectivity index (χ3n) is 4.33. The van der Waals surface area contributed by atoms with Crippen LogP contribution in [0.4, 0.5) is 5.13 Å². The Kier molecular flexibility index (Phi) is 10.1. The number of methoxy groups -OCH3 is 1. The van der Waals surface area contributed by atoms with Gasteiger partial charge in [-0.25, -0.2) is 14.6 Å². The highest BCUT2D eigenvalue weighted by Gasteiger charge is 2.14. The van der Waals surface area contributed by atoms with Crippen molar-refractivity contribution < 1.29 is 24.5 Å². The Hall–Kier alpha value is -3.14. The van der Waals surface area contributed by atoms with E-state index in [9.17, 15) is 9.59 Å². The Balaban J connectivity index is 0.000000414. The van der Waals surface area contributed by atoms with E-state index in [-0.39, 0.29) is 0 Å².